The predicted octanol–water partition coefficient (Wildman–Crippen LogP) is 7.47. The molecule has 1 amide bonds. The zero-order valence-corrected chi connectivity index (χ0v) is 22.4. The number of rotatable bonds is 7. The number of phenolic OH excluding ortho intramolecular Hbond substituents is 1. The van der Waals surface area contributed by atoms with Gasteiger partial charge in [0.1, 0.15) is 22.0 Å². The number of ether oxygens (including phenoxy) is 1. The number of benzene rings is 4. The van der Waals surface area contributed by atoms with Gasteiger partial charge < -0.3 is 15.2 Å². The first-order valence-corrected chi connectivity index (χ1v) is 13.4. The van der Waals surface area contributed by atoms with Crippen LogP contribution in [-0.4, -0.2) is 30.6 Å². The van der Waals surface area contributed by atoms with E-state index in [0.717, 1.165) is 0 Å². The number of carbonyl (C=O) groups excluding carboxylic acids is 1. The van der Waals surface area contributed by atoms with Gasteiger partial charge in [-0.2, -0.15) is 8.42 Å². The number of aryl methyl sites for hydroxylation is 1. The fraction of sp³-hybridized carbons (Fsp3) is 0.115. The quantitative estimate of drug-likeness (QED) is 0.155. The minimum atomic E-state index is -4.74. The molecule has 196 valence electrons. The molecule has 0 saturated carbocycles. The van der Waals surface area contributed by atoms with E-state index in [-0.39, 0.29) is 32.7 Å². The molecule has 0 atom stereocenters. The number of nitrogens with zero attached hydrogens (tertiary/aromatic N) is 2. The van der Waals surface area contributed by atoms with Gasteiger partial charge in [-0.15, -0.1) is 10.2 Å². The summed E-state index contributed by atoms with van der Waals surface area (Å²) in [4.78, 5) is 12.6. The Balaban J connectivity index is 1.83. The lowest BCUT2D eigenvalue weighted by Crippen LogP contribution is -2.12. The first-order chi connectivity index (χ1) is 18.0. The Morgan fingerprint density at radius 2 is 1.76 bits per heavy atom. The summed E-state index contributed by atoms with van der Waals surface area (Å²) in [7, 11) is -4.74. The van der Waals surface area contributed by atoms with Crippen molar-refractivity contribution in [1.29, 1.82) is 0 Å². The molecule has 12 heteroatoms. The Hall–Kier alpha value is -3.70. The molecule has 9 nitrogen and oxygen atoms in total. The van der Waals surface area contributed by atoms with E-state index >= 15 is 0 Å². The molecule has 0 fully saturated rings. The van der Waals surface area contributed by atoms with Gasteiger partial charge in [0.05, 0.1) is 27.9 Å². The molecular formula is C26H21Cl2N3O6S. The van der Waals surface area contributed by atoms with Crippen molar-refractivity contribution in [3.8, 4) is 11.5 Å². The number of nitrogens with one attached hydrogen (secondary N) is 1. The minimum Gasteiger partial charge on any atom is -0.505 e. The smallest absolute Gasteiger partial charge is 0.298 e. The average Bonchev–Trinajstić information content (AvgIpc) is 2.84. The molecular weight excluding hydrogens is 553 g/mol. The van der Waals surface area contributed by atoms with Crippen LogP contribution in [0.15, 0.2) is 75.8 Å². The van der Waals surface area contributed by atoms with Gasteiger partial charge in [-0.1, -0.05) is 47.5 Å². The predicted molar refractivity (Wildman–Crippen MR) is 146 cm³/mol. The lowest BCUT2D eigenvalue weighted by Gasteiger charge is -2.13. The summed E-state index contributed by atoms with van der Waals surface area (Å²) in [5.74, 6) is -0.692. The van der Waals surface area contributed by atoms with E-state index in [2.05, 4.69) is 15.5 Å². The third-order valence-electron chi connectivity index (χ3n) is 5.42. The third kappa shape index (κ3) is 5.73. The van der Waals surface area contributed by atoms with Crippen molar-refractivity contribution in [2.45, 2.75) is 18.7 Å². The minimum absolute atomic E-state index is 0.0960. The molecule has 4 aromatic rings. The highest BCUT2D eigenvalue weighted by molar-refractivity contribution is 7.86. The zero-order chi connectivity index (χ0) is 27.6. The van der Waals surface area contributed by atoms with Gasteiger partial charge in [0.25, 0.3) is 16.0 Å². The highest BCUT2D eigenvalue weighted by atomic mass is 35.5. The van der Waals surface area contributed by atoms with E-state index in [0.29, 0.717) is 28.7 Å². The van der Waals surface area contributed by atoms with E-state index in [1.54, 1.807) is 49.4 Å². The third-order valence-corrected chi connectivity index (χ3v) is 7.11. The van der Waals surface area contributed by atoms with Crippen LogP contribution in [0.4, 0.5) is 17.1 Å². The maximum atomic E-state index is 13.2. The summed E-state index contributed by atoms with van der Waals surface area (Å²) < 4.78 is 39.0. The summed E-state index contributed by atoms with van der Waals surface area (Å²) in [6.07, 6.45) is 0. The van der Waals surface area contributed by atoms with E-state index < -0.39 is 26.7 Å². The number of amides is 1. The van der Waals surface area contributed by atoms with Gasteiger partial charge >= 0.3 is 0 Å². The van der Waals surface area contributed by atoms with Crippen LogP contribution in [0.2, 0.25) is 10.0 Å². The van der Waals surface area contributed by atoms with E-state index in [1.165, 1.54) is 18.2 Å². The fourth-order valence-corrected chi connectivity index (χ4v) is 5.18. The van der Waals surface area contributed by atoms with Crippen molar-refractivity contribution < 1.29 is 27.6 Å². The summed E-state index contributed by atoms with van der Waals surface area (Å²) >= 11 is 12.3. The maximum absolute atomic E-state index is 13.2. The van der Waals surface area contributed by atoms with Gasteiger partial charge in [-0.05, 0) is 55.1 Å². The average molecular weight is 574 g/mol. The molecule has 38 heavy (non-hydrogen) atoms. The number of fused-ring (bicyclic) bond motifs is 1. The molecule has 4 rings (SSSR count). The normalized spacial score (nSPS) is 11.7. The first kappa shape index (κ1) is 27.3. The van der Waals surface area contributed by atoms with Crippen LogP contribution in [-0.2, 0) is 10.1 Å². The van der Waals surface area contributed by atoms with E-state index in [1.807, 2.05) is 6.92 Å². The van der Waals surface area contributed by atoms with Crippen LogP contribution in [0.1, 0.15) is 22.8 Å². The van der Waals surface area contributed by atoms with Crippen LogP contribution in [0, 0.1) is 6.92 Å². The van der Waals surface area contributed by atoms with Crippen molar-refractivity contribution in [2.75, 3.05) is 11.9 Å². The summed E-state index contributed by atoms with van der Waals surface area (Å²) in [6.45, 7) is 3.89. The Morgan fingerprint density at radius 3 is 2.47 bits per heavy atom. The number of hydrogen-bond donors (Lipinski definition) is 3. The van der Waals surface area contributed by atoms with Gasteiger partial charge in [-0.25, -0.2) is 0 Å². The maximum Gasteiger partial charge on any atom is 0.298 e. The number of halogens is 2. The second-order valence-electron chi connectivity index (χ2n) is 8.14. The number of phenols is 1. The molecule has 4 aromatic carbocycles. The molecule has 0 unspecified atom stereocenters. The van der Waals surface area contributed by atoms with Crippen molar-refractivity contribution in [3.05, 3.63) is 81.8 Å². The van der Waals surface area contributed by atoms with Gasteiger partial charge in [0, 0.05) is 11.5 Å². The fourth-order valence-electron chi connectivity index (χ4n) is 3.78. The van der Waals surface area contributed by atoms with Crippen LogP contribution in [0.3, 0.4) is 0 Å². The highest BCUT2D eigenvalue weighted by Crippen LogP contribution is 2.41. The molecule has 0 bridgehead atoms. The monoisotopic (exact) mass is 573 g/mol. The lowest BCUT2D eigenvalue weighted by molar-refractivity contribution is 0.102. The summed E-state index contributed by atoms with van der Waals surface area (Å²) in [6, 6.07) is 15.8. The largest absolute Gasteiger partial charge is 0.505 e. The van der Waals surface area contributed by atoms with Crippen LogP contribution >= 0.6 is 23.2 Å². The topological polar surface area (TPSA) is 138 Å². The lowest BCUT2D eigenvalue weighted by atomic mass is 10.0. The zero-order valence-electron chi connectivity index (χ0n) is 20.1. The van der Waals surface area contributed by atoms with Crippen LogP contribution < -0.4 is 10.1 Å². The number of aromatic hydroxyl groups is 1. The Morgan fingerprint density at radius 1 is 1.03 bits per heavy atom. The second-order valence-corrected chi connectivity index (χ2v) is 10.3. The number of azo groups is 1. The number of carbonyl (C=O) groups is 1. The van der Waals surface area contributed by atoms with Crippen LogP contribution in [0.5, 0.6) is 11.5 Å². The SMILES string of the molecule is CCOc1ccc(Cl)c(NC(=O)c2cc3ccccc3c(N=Nc3cc(C)cc(Cl)c3S(=O)(=O)O)c2O)c1. The number of anilines is 1. The van der Waals surface area contributed by atoms with Gasteiger partial charge in [-0.3, -0.25) is 9.35 Å². The molecule has 0 spiro atoms. The van der Waals surface area contributed by atoms with Crippen molar-refractivity contribution in [1.82, 2.24) is 0 Å². The highest BCUT2D eigenvalue weighted by Gasteiger charge is 2.22. The van der Waals surface area contributed by atoms with Crippen molar-refractivity contribution in [2.24, 2.45) is 10.2 Å². The summed E-state index contributed by atoms with van der Waals surface area (Å²) in [5, 5.41) is 22.8. The standard InChI is InChI=1S/C26H21Cl2N3O6S/c1-3-37-16-8-9-19(27)21(13-16)29-26(33)18-12-15-6-4-5-7-17(15)23(24(18)32)31-30-22-11-14(2)10-20(28)25(22)38(34,35)36/h4-13,32H,3H2,1-2H3,(H,29,33)(H,34,35,36). The van der Waals surface area contributed by atoms with E-state index in [9.17, 15) is 22.9 Å². The molecule has 0 saturated heterocycles. The van der Waals surface area contributed by atoms with E-state index in [4.69, 9.17) is 27.9 Å². The Kier molecular flexibility index (Phi) is 7.89. The van der Waals surface area contributed by atoms with Crippen molar-refractivity contribution in [3.63, 3.8) is 0 Å². The molecule has 3 N–H and O–H groups in total. The Bertz CT molecular complexity index is 1710. The second kappa shape index (κ2) is 11.0. The molecule has 0 aliphatic carbocycles. The molecule has 0 aromatic heterocycles. The van der Waals surface area contributed by atoms with Crippen molar-refractivity contribution >= 4 is 67.1 Å². The number of hydrogen-bond acceptors (Lipinski definition) is 7. The Labute approximate surface area is 228 Å². The molecule has 0 aliphatic rings. The summed E-state index contributed by atoms with van der Waals surface area (Å²) in [5.41, 5.74) is 0.361. The molecule has 0 aliphatic heterocycles. The molecule has 0 heterocycles. The van der Waals surface area contributed by atoms with Crippen LogP contribution in [0.25, 0.3) is 10.8 Å². The molecule has 0 radical (unpaired) electrons. The van der Waals surface area contributed by atoms with Gasteiger partial charge in [0.2, 0.25) is 0 Å². The first-order valence-electron chi connectivity index (χ1n) is 11.2. The van der Waals surface area contributed by atoms with Gasteiger partial charge in [0.15, 0.2) is 5.75 Å².